The van der Waals surface area contributed by atoms with Crippen LogP contribution in [0.4, 0.5) is 0 Å². The summed E-state index contributed by atoms with van der Waals surface area (Å²) in [6.45, 7) is 4.82. The Morgan fingerprint density at radius 2 is 2.29 bits per heavy atom. The fourth-order valence-electron chi connectivity index (χ4n) is 2.47. The molecule has 0 spiro atoms. The molecule has 2 rings (SSSR count). The monoisotopic (exact) mass is 235 g/mol. The first-order valence-electron chi connectivity index (χ1n) is 5.83. The van der Waals surface area contributed by atoms with Crippen molar-refractivity contribution in [2.75, 3.05) is 13.2 Å². The highest BCUT2D eigenvalue weighted by molar-refractivity contribution is 5.83. The molecule has 2 atom stereocenters. The molecule has 1 heterocycles. The van der Waals surface area contributed by atoms with E-state index in [4.69, 9.17) is 4.74 Å². The van der Waals surface area contributed by atoms with Gasteiger partial charge in [0, 0.05) is 11.5 Å². The molecule has 0 radical (unpaired) electrons. The fraction of sp³-hybridized carbons (Fsp3) is 0.462. The first-order valence-corrected chi connectivity index (χ1v) is 5.83. The summed E-state index contributed by atoms with van der Waals surface area (Å²) in [5.41, 5.74) is -0.322. The highest BCUT2D eigenvalue weighted by atomic mass is 16.5. The van der Waals surface area contributed by atoms with Crippen molar-refractivity contribution in [2.45, 2.75) is 19.4 Å². The summed E-state index contributed by atoms with van der Waals surface area (Å²) in [5.74, 6) is -0.300. The Bertz CT molecular complexity index is 432. The van der Waals surface area contributed by atoms with Crippen molar-refractivity contribution in [3.05, 3.63) is 29.8 Å². The summed E-state index contributed by atoms with van der Waals surface area (Å²) < 4.78 is 5.58. The van der Waals surface area contributed by atoms with E-state index in [1.54, 1.807) is 0 Å². The highest BCUT2D eigenvalue weighted by Crippen LogP contribution is 2.40. The van der Waals surface area contributed by atoms with Crippen LogP contribution in [-0.4, -0.2) is 24.2 Å². The second-order valence-electron chi connectivity index (χ2n) is 4.35. The van der Waals surface area contributed by atoms with Crippen LogP contribution in [0.2, 0.25) is 0 Å². The van der Waals surface area contributed by atoms with Gasteiger partial charge in [0.1, 0.15) is 5.75 Å². The summed E-state index contributed by atoms with van der Waals surface area (Å²) in [6.07, 6.45) is 0. The maximum absolute atomic E-state index is 11.7. The Kier molecular flexibility index (Phi) is 3.07. The largest absolute Gasteiger partial charge is 0.493 e. The van der Waals surface area contributed by atoms with E-state index in [0.717, 1.165) is 0 Å². The summed E-state index contributed by atoms with van der Waals surface area (Å²) in [7, 11) is 0. The lowest BCUT2D eigenvalue weighted by atomic mass is 9.77. The Morgan fingerprint density at radius 1 is 1.59 bits per heavy atom. The molecule has 0 aliphatic carbocycles. The normalized spacial score (nSPS) is 27.1. The van der Waals surface area contributed by atoms with Crippen LogP contribution in [0.5, 0.6) is 5.75 Å². The SMILES string of the molecule is CCNC1(C(=O)O)c2ccccc2OCC1C. The van der Waals surface area contributed by atoms with Crippen molar-refractivity contribution in [3.8, 4) is 5.75 Å². The third-order valence-corrected chi connectivity index (χ3v) is 3.33. The van der Waals surface area contributed by atoms with Gasteiger partial charge in [-0.3, -0.25) is 5.32 Å². The molecule has 0 amide bonds. The van der Waals surface area contributed by atoms with E-state index in [-0.39, 0.29) is 5.92 Å². The molecule has 4 heteroatoms. The molecule has 2 N–H and O–H groups in total. The van der Waals surface area contributed by atoms with Gasteiger partial charge in [-0.15, -0.1) is 0 Å². The van der Waals surface area contributed by atoms with Gasteiger partial charge in [0.25, 0.3) is 0 Å². The number of para-hydroxylation sites is 1. The number of ether oxygens (including phenoxy) is 1. The number of fused-ring (bicyclic) bond motifs is 1. The summed E-state index contributed by atoms with van der Waals surface area (Å²) >= 11 is 0. The van der Waals surface area contributed by atoms with Crippen molar-refractivity contribution in [1.29, 1.82) is 0 Å². The lowest BCUT2D eigenvalue weighted by molar-refractivity contribution is -0.149. The number of nitrogens with one attached hydrogen (secondary N) is 1. The lowest BCUT2D eigenvalue weighted by Crippen LogP contribution is -2.57. The number of aliphatic carboxylic acids is 1. The van der Waals surface area contributed by atoms with E-state index in [1.807, 2.05) is 38.1 Å². The Balaban J connectivity index is 2.59. The van der Waals surface area contributed by atoms with Gasteiger partial charge in [-0.05, 0) is 12.6 Å². The standard InChI is InChI=1S/C13H17NO3/c1-3-14-13(12(15)16)9(2)8-17-11-7-5-4-6-10(11)13/h4-7,9,14H,3,8H2,1-2H3,(H,15,16). The minimum Gasteiger partial charge on any atom is -0.493 e. The molecular weight excluding hydrogens is 218 g/mol. The second kappa shape index (κ2) is 4.37. The van der Waals surface area contributed by atoms with E-state index >= 15 is 0 Å². The van der Waals surface area contributed by atoms with Crippen LogP contribution in [-0.2, 0) is 10.3 Å². The average Bonchev–Trinajstić information content (AvgIpc) is 2.32. The predicted molar refractivity (Wildman–Crippen MR) is 64.1 cm³/mol. The van der Waals surface area contributed by atoms with Crippen LogP contribution in [0, 0.1) is 5.92 Å². The maximum atomic E-state index is 11.7. The van der Waals surface area contributed by atoms with Gasteiger partial charge < -0.3 is 9.84 Å². The molecule has 1 aliphatic heterocycles. The summed E-state index contributed by atoms with van der Waals surface area (Å²) in [5, 5.41) is 12.7. The van der Waals surface area contributed by atoms with Gasteiger partial charge in [-0.1, -0.05) is 32.0 Å². The average molecular weight is 235 g/mol. The van der Waals surface area contributed by atoms with E-state index in [1.165, 1.54) is 0 Å². The Labute approximate surface area is 101 Å². The molecule has 1 aromatic carbocycles. The molecule has 0 aromatic heterocycles. The topological polar surface area (TPSA) is 58.6 Å². The number of benzene rings is 1. The van der Waals surface area contributed by atoms with Crippen LogP contribution in [0.3, 0.4) is 0 Å². The minimum absolute atomic E-state index is 0.116. The van der Waals surface area contributed by atoms with Gasteiger partial charge in [-0.25, -0.2) is 4.79 Å². The maximum Gasteiger partial charge on any atom is 0.329 e. The van der Waals surface area contributed by atoms with Gasteiger partial charge in [-0.2, -0.15) is 0 Å². The molecule has 0 saturated carbocycles. The number of rotatable bonds is 3. The van der Waals surface area contributed by atoms with Crippen molar-refractivity contribution >= 4 is 5.97 Å². The number of carboxylic acid groups (broad SMARTS) is 1. The van der Waals surface area contributed by atoms with E-state index in [9.17, 15) is 9.90 Å². The van der Waals surface area contributed by atoms with Crippen LogP contribution in [0.25, 0.3) is 0 Å². The van der Waals surface area contributed by atoms with Crippen LogP contribution in [0.15, 0.2) is 24.3 Å². The predicted octanol–water partition coefficient (Wildman–Crippen LogP) is 1.60. The molecule has 1 aromatic rings. The second-order valence-corrected chi connectivity index (χ2v) is 4.35. The fourth-order valence-corrected chi connectivity index (χ4v) is 2.47. The zero-order chi connectivity index (χ0) is 12.5. The molecule has 1 aliphatic rings. The van der Waals surface area contributed by atoms with E-state index < -0.39 is 11.5 Å². The number of hydrogen-bond acceptors (Lipinski definition) is 3. The Morgan fingerprint density at radius 3 is 2.94 bits per heavy atom. The van der Waals surface area contributed by atoms with Crippen molar-refractivity contribution in [2.24, 2.45) is 5.92 Å². The van der Waals surface area contributed by atoms with Gasteiger partial charge in [0.05, 0.1) is 6.61 Å². The number of carboxylic acids is 1. The quantitative estimate of drug-likeness (QED) is 0.835. The smallest absolute Gasteiger partial charge is 0.329 e. The number of carbonyl (C=O) groups is 1. The van der Waals surface area contributed by atoms with Crippen molar-refractivity contribution in [3.63, 3.8) is 0 Å². The first kappa shape index (κ1) is 11.9. The molecule has 0 saturated heterocycles. The molecule has 4 nitrogen and oxygen atoms in total. The van der Waals surface area contributed by atoms with E-state index in [0.29, 0.717) is 24.5 Å². The van der Waals surface area contributed by atoms with Crippen molar-refractivity contribution in [1.82, 2.24) is 5.32 Å². The molecule has 0 fully saturated rings. The van der Waals surface area contributed by atoms with Gasteiger partial charge in [0.15, 0.2) is 5.54 Å². The van der Waals surface area contributed by atoms with Crippen LogP contribution < -0.4 is 10.1 Å². The molecule has 0 bridgehead atoms. The molecule has 17 heavy (non-hydrogen) atoms. The third kappa shape index (κ3) is 1.69. The molecule has 92 valence electrons. The minimum atomic E-state index is -1.04. The van der Waals surface area contributed by atoms with Crippen molar-refractivity contribution < 1.29 is 14.6 Å². The zero-order valence-electron chi connectivity index (χ0n) is 10.1. The van der Waals surface area contributed by atoms with E-state index in [2.05, 4.69) is 5.32 Å². The number of hydrogen-bond donors (Lipinski definition) is 2. The lowest BCUT2D eigenvalue weighted by Gasteiger charge is -2.40. The Hall–Kier alpha value is -1.55. The van der Waals surface area contributed by atoms with Crippen LogP contribution >= 0.6 is 0 Å². The molecule has 2 unspecified atom stereocenters. The van der Waals surface area contributed by atoms with Crippen LogP contribution in [0.1, 0.15) is 19.4 Å². The zero-order valence-corrected chi connectivity index (χ0v) is 10.1. The third-order valence-electron chi connectivity index (χ3n) is 3.33. The van der Waals surface area contributed by atoms with Gasteiger partial charge >= 0.3 is 5.97 Å². The highest BCUT2D eigenvalue weighted by Gasteiger charge is 2.49. The summed E-state index contributed by atoms with van der Waals surface area (Å²) in [6, 6.07) is 7.33. The number of likely N-dealkylation sites (N-methyl/N-ethyl adjacent to an activating group) is 1. The van der Waals surface area contributed by atoms with Gasteiger partial charge in [0.2, 0.25) is 0 Å². The summed E-state index contributed by atoms with van der Waals surface area (Å²) in [4.78, 5) is 11.7. The molecular formula is C13H17NO3. The first-order chi connectivity index (χ1) is 8.13.